The van der Waals surface area contributed by atoms with Crippen LogP contribution >= 0.6 is 0 Å². The van der Waals surface area contributed by atoms with E-state index in [2.05, 4.69) is 54.7 Å². The summed E-state index contributed by atoms with van der Waals surface area (Å²) < 4.78 is 0. The Hall–Kier alpha value is -1.56. The highest BCUT2D eigenvalue weighted by Crippen LogP contribution is 2.32. The van der Waals surface area contributed by atoms with Crippen molar-refractivity contribution in [1.82, 2.24) is 0 Å². The van der Waals surface area contributed by atoms with Crippen LogP contribution in [0, 0.1) is 5.92 Å². The van der Waals surface area contributed by atoms with Crippen LogP contribution in [0.15, 0.2) is 71.4 Å². The molecule has 0 nitrogen and oxygen atoms in total. The van der Waals surface area contributed by atoms with Crippen LogP contribution in [0.1, 0.15) is 38.5 Å². The summed E-state index contributed by atoms with van der Waals surface area (Å²) in [7, 11) is 0. The van der Waals surface area contributed by atoms with Crippen molar-refractivity contribution >= 4 is 0 Å². The summed E-state index contributed by atoms with van der Waals surface area (Å²) in [6.45, 7) is 0. The first-order chi connectivity index (χ1) is 9.42. The van der Waals surface area contributed by atoms with Gasteiger partial charge in [0.05, 0.1) is 0 Å². The zero-order valence-corrected chi connectivity index (χ0v) is 11.5. The standard InChI is InChI=1S/C19H22/c1-2-7-16(6-1)12-14-18-10-5-11-19(18)15-13-17-8-3-4-9-17/h1-6,8,10-11,18H,7,9,12-15H2. The van der Waals surface area contributed by atoms with E-state index < -0.39 is 0 Å². The first kappa shape index (κ1) is 12.5. The van der Waals surface area contributed by atoms with E-state index in [1.165, 1.54) is 38.5 Å². The van der Waals surface area contributed by atoms with Gasteiger partial charge in [-0.3, -0.25) is 0 Å². The van der Waals surface area contributed by atoms with Gasteiger partial charge in [-0.1, -0.05) is 71.4 Å². The predicted octanol–water partition coefficient (Wildman–Crippen LogP) is 5.43. The molecule has 0 saturated heterocycles. The van der Waals surface area contributed by atoms with E-state index >= 15 is 0 Å². The second-order valence-corrected chi connectivity index (χ2v) is 5.69. The lowest BCUT2D eigenvalue weighted by Gasteiger charge is -2.14. The van der Waals surface area contributed by atoms with E-state index in [1.54, 1.807) is 16.7 Å². The molecule has 98 valence electrons. The summed E-state index contributed by atoms with van der Waals surface area (Å²) >= 11 is 0. The average molecular weight is 250 g/mol. The minimum Gasteiger partial charge on any atom is -0.0805 e. The van der Waals surface area contributed by atoms with Crippen molar-refractivity contribution in [2.45, 2.75) is 38.5 Å². The third-order valence-corrected chi connectivity index (χ3v) is 4.34. The normalized spacial score (nSPS) is 24.0. The highest BCUT2D eigenvalue weighted by molar-refractivity contribution is 5.31. The smallest absolute Gasteiger partial charge is 0.00139 e. The fraction of sp³-hybridized carbons (Fsp3) is 0.368. The van der Waals surface area contributed by atoms with Gasteiger partial charge in [0.25, 0.3) is 0 Å². The minimum atomic E-state index is 0.691. The zero-order chi connectivity index (χ0) is 12.9. The van der Waals surface area contributed by atoms with Gasteiger partial charge < -0.3 is 0 Å². The Kier molecular flexibility index (Phi) is 3.98. The van der Waals surface area contributed by atoms with E-state index in [0.29, 0.717) is 5.92 Å². The molecule has 3 aliphatic carbocycles. The fourth-order valence-corrected chi connectivity index (χ4v) is 3.11. The van der Waals surface area contributed by atoms with Crippen molar-refractivity contribution in [3.05, 3.63) is 71.4 Å². The molecule has 0 heterocycles. The summed E-state index contributed by atoms with van der Waals surface area (Å²) in [5, 5.41) is 0. The topological polar surface area (TPSA) is 0 Å². The van der Waals surface area contributed by atoms with Crippen LogP contribution in [-0.4, -0.2) is 0 Å². The van der Waals surface area contributed by atoms with Crippen LogP contribution in [-0.2, 0) is 0 Å². The quantitative estimate of drug-likeness (QED) is 0.589. The van der Waals surface area contributed by atoms with Gasteiger partial charge in [0, 0.05) is 0 Å². The molecule has 0 radical (unpaired) electrons. The van der Waals surface area contributed by atoms with E-state index in [9.17, 15) is 0 Å². The largest absolute Gasteiger partial charge is 0.0805 e. The molecule has 0 aliphatic heterocycles. The molecule has 1 unspecified atom stereocenters. The second kappa shape index (κ2) is 6.06. The van der Waals surface area contributed by atoms with Crippen LogP contribution in [0.3, 0.4) is 0 Å². The molecule has 0 bridgehead atoms. The molecule has 0 aromatic rings. The maximum atomic E-state index is 2.39. The van der Waals surface area contributed by atoms with Gasteiger partial charge in [0.2, 0.25) is 0 Å². The van der Waals surface area contributed by atoms with Gasteiger partial charge in [-0.2, -0.15) is 0 Å². The lowest BCUT2D eigenvalue weighted by Crippen LogP contribution is -2.00. The van der Waals surface area contributed by atoms with Crippen molar-refractivity contribution in [3.63, 3.8) is 0 Å². The van der Waals surface area contributed by atoms with Crippen LogP contribution in [0.4, 0.5) is 0 Å². The summed E-state index contributed by atoms with van der Waals surface area (Å²) in [6, 6.07) is 0. The molecule has 3 rings (SSSR count). The van der Waals surface area contributed by atoms with Crippen molar-refractivity contribution in [3.8, 4) is 0 Å². The Morgan fingerprint density at radius 1 is 0.789 bits per heavy atom. The van der Waals surface area contributed by atoms with E-state index in [-0.39, 0.29) is 0 Å². The molecule has 0 saturated carbocycles. The lowest BCUT2D eigenvalue weighted by atomic mass is 9.90. The molecule has 0 aromatic carbocycles. The van der Waals surface area contributed by atoms with E-state index in [4.69, 9.17) is 0 Å². The first-order valence-electron chi connectivity index (χ1n) is 7.48. The highest BCUT2D eigenvalue weighted by atomic mass is 14.2. The van der Waals surface area contributed by atoms with E-state index in [0.717, 1.165) is 0 Å². The summed E-state index contributed by atoms with van der Waals surface area (Å²) in [5.41, 5.74) is 4.83. The number of allylic oxidation sites excluding steroid dienone is 12. The molecule has 1 atom stereocenters. The van der Waals surface area contributed by atoms with Crippen LogP contribution in [0.2, 0.25) is 0 Å². The third-order valence-electron chi connectivity index (χ3n) is 4.34. The second-order valence-electron chi connectivity index (χ2n) is 5.69. The van der Waals surface area contributed by atoms with Crippen LogP contribution in [0.25, 0.3) is 0 Å². The minimum absolute atomic E-state index is 0.691. The summed E-state index contributed by atoms with van der Waals surface area (Å²) in [6.07, 6.45) is 27.8. The maximum Gasteiger partial charge on any atom is -0.00139 e. The molecular formula is C19H22. The van der Waals surface area contributed by atoms with Gasteiger partial charge in [0.1, 0.15) is 0 Å². The molecule has 3 aliphatic rings. The molecule has 0 spiro atoms. The van der Waals surface area contributed by atoms with Crippen LogP contribution in [0.5, 0.6) is 0 Å². The Morgan fingerprint density at radius 2 is 1.53 bits per heavy atom. The van der Waals surface area contributed by atoms with Crippen molar-refractivity contribution < 1.29 is 0 Å². The molecule has 0 fully saturated rings. The molecule has 0 amide bonds. The fourth-order valence-electron chi connectivity index (χ4n) is 3.11. The van der Waals surface area contributed by atoms with Gasteiger partial charge >= 0.3 is 0 Å². The maximum absolute atomic E-state index is 2.39. The number of hydrogen-bond acceptors (Lipinski definition) is 0. The Balaban J connectivity index is 1.45. The SMILES string of the molecule is C1=CCC(CCC2=CC=CC2CCC2=CC=CC2)=C1. The monoisotopic (exact) mass is 250 g/mol. The third kappa shape index (κ3) is 3.26. The first-order valence-corrected chi connectivity index (χ1v) is 7.48. The van der Waals surface area contributed by atoms with Gasteiger partial charge in [-0.25, -0.2) is 0 Å². The molecule has 19 heavy (non-hydrogen) atoms. The van der Waals surface area contributed by atoms with Crippen molar-refractivity contribution in [2.24, 2.45) is 5.92 Å². The van der Waals surface area contributed by atoms with Crippen LogP contribution < -0.4 is 0 Å². The molecule has 0 N–H and O–H groups in total. The molecule has 0 aromatic heterocycles. The Bertz CT molecular complexity index is 506. The van der Waals surface area contributed by atoms with Crippen molar-refractivity contribution in [2.75, 3.05) is 0 Å². The van der Waals surface area contributed by atoms with Gasteiger partial charge in [0.15, 0.2) is 0 Å². The highest BCUT2D eigenvalue weighted by Gasteiger charge is 2.15. The zero-order valence-electron chi connectivity index (χ0n) is 11.5. The van der Waals surface area contributed by atoms with Gasteiger partial charge in [-0.05, 0) is 44.4 Å². The van der Waals surface area contributed by atoms with Gasteiger partial charge in [-0.15, -0.1) is 0 Å². The average Bonchev–Trinajstić information content (AvgIpc) is 3.16. The van der Waals surface area contributed by atoms with Crippen molar-refractivity contribution in [1.29, 1.82) is 0 Å². The predicted molar refractivity (Wildman–Crippen MR) is 82.9 cm³/mol. The summed E-state index contributed by atoms with van der Waals surface area (Å²) in [4.78, 5) is 0. The Labute approximate surface area is 116 Å². The summed E-state index contributed by atoms with van der Waals surface area (Å²) in [5.74, 6) is 0.691. The number of hydrogen-bond donors (Lipinski definition) is 0. The Morgan fingerprint density at radius 3 is 2.21 bits per heavy atom. The van der Waals surface area contributed by atoms with E-state index in [1.807, 2.05) is 0 Å². The molecular weight excluding hydrogens is 228 g/mol. The molecule has 0 heteroatoms. The number of rotatable bonds is 6. The lowest BCUT2D eigenvalue weighted by molar-refractivity contribution is 0.643.